The van der Waals surface area contributed by atoms with E-state index in [9.17, 15) is 20.2 Å². The Morgan fingerprint density at radius 1 is 1.16 bits per heavy atom. The number of para-hydroxylation sites is 1. The Bertz CT molecular complexity index is 476. The number of hydrogen-bond donors (Lipinski definition) is 3. The summed E-state index contributed by atoms with van der Waals surface area (Å²) in [7, 11) is 0. The van der Waals surface area contributed by atoms with Gasteiger partial charge in [0.1, 0.15) is 9.85 Å². The van der Waals surface area contributed by atoms with Crippen molar-refractivity contribution < 1.29 is 20.1 Å². The second kappa shape index (κ2) is 5.79. The van der Waals surface area contributed by atoms with Gasteiger partial charge in [-0.2, -0.15) is 0 Å². The SMILES string of the molecule is O=[N+]([O-])C([N+](=O)[O-])C(O)(O)/N=N/Nc1ccccc1. The lowest BCUT2D eigenvalue weighted by Crippen LogP contribution is -2.50. The van der Waals surface area contributed by atoms with Gasteiger partial charge in [-0.3, -0.25) is 25.7 Å². The zero-order valence-electron chi connectivity index (χ0n) is 9.28. The number of anilines is 1. The summed E-state index contributed by atoms with van der Waals surface area (Å²) in [6.07, 6.45) is -2.94. The van der Waals surface area contributed by atoms with Gasteiger partial charge in [-0.15, -0.1) is 0 Å². The third-order valence-corrected chi connectivity index (χ3v) is 1.90. The van der Waals surface area contributed by atoms with E-state index in [-0.39, 0.29) is 0 Å². The van der Waals surface area contributed by atoms with Crippen LogP contribution in [0.4, 0.5) is 5.69 Å². The van der Waals surface area contributed by atoms with Crippen molar-refractivity contribution in [2.75, 3.05) is 5.43 Å². The first-order valence-electron chi connectivity index (χ1n) is 4.79. The lowest BCUT2D eigenvalue weighted by atomic mass is 10.3. The van der Waals surface area contributed by atoms with Gasteiger partial charge in [0.05, 0.1) is 5.69 Å². The van der Waals surface area contributed by atoms with Crippen molar-refractivity contribution in [3.05, 3.63) is 50.6 Å². The molecule has 0 aromatic heterocycles. The summed E-state index contributed by atoms with van der Waals surface area (Å²) in [6, 6.07) is 8.09. The van der Waals surface area contributed by atoms with Gasteiger partial charge in [0, 0.05) is 0 Å². The van der Waals surface area contributed by atoms with Crippen LogP contribution in [0.15, 0.2) is 40.7 Å². The normalized spacial score (nSPS) is 11.7. The van der Waals surface area contributed by atoms with E-state index in [0.717, 1.165) is 0 Å². The van der Waals surface area contributed by atoms with E-state index in [0.29, 0.717) is 5.69 Å². The molecule has 0 fully saturated rings. The van der Waals surface area contributed by atoms with Gasteiger partial charge in [-0.05, 0) is 12.1 Å². The second-order valence-corrected chi connectivity index (χ2v) is 3.31. The van der Waals surface area contributed by atoms with Crippen molar-refractivity contribution in [1.82, 2.24) is 0 Å². The fraction of sp³-hybridized carbons (Fsp3) is 0.250. The molecule has 0 aliphatic carbocycles. The highest BCUT2D eigenvalue weighted by Crippen LogP contribution is 2.14. The van der Waals surface area contributed by atoms with Crippen LogP contribution in [0.25, 0.3) is 0 Å². The minimum atomic E-state index is -3.56. The lowest BCUT2D eigenvalue weighted by molar-refractivity contribution is -0.772. The average molecular weight is 271 g/mol. The largest absolute Gasteiger partial charge is 0.525 e. The number of rotatable bonds is 6. The molecule has 0 amide bonds. The predicted octanol–water partition coefficient (Wildman–Crippen LogP) is -0.0164. The lowest BCUT2D eigenvalue weighted by Gasteiger charge is -2.12. The molecule has 1 aromatic rings. The van der Waals surface area contributed by atoms with Crippen LogP contribution >= 0.6 is 0 Å². The van der Waals surface area contributed by atoms with Crippen LogP contribution in [0.3, 0.4) is 0 Å². The highest BCUT2D eigenvalue weighted by atomic mass is 16.7. The Labute approximate surface area is 105 Å². The third kappa shape index (κ3) is 3.93. The van der Waals surface area contributed by atoms with Crippen LogP contribution in [0, 0.1) is 20.2 Å². The molecule has 1 rings (SSSR count). The summed E-state index contributed by atoms with van der Waals surface area (Å²) in [4.78, 5) is 17.7. The smallest absolute Gasteiger partial charge is 0.335 e. The molecule has 19 heavy (non-hydrogen) atoms. The number of hydrogen-bond acceptors (Lipinski definition) is 8. The van der Waals surface area contributed by atoms with E-state index in [1.165, 1.54) is 0 Å². The number of benzene rings is 1. The second-order valence-electron chi connectivity index (χ2n) is 3.31. The Hall–Kier alpha value is -2.66. The topological polar surface area (TPSA) is 163 Å². The summed E-state index contributed by atoms with van der Waals surface area (Å²) >= 11 is 0. The molecule has 0 heterocycles. The Morgan fingerprint density at radius 2 is 1.68 bits per heavy atom. The Balaban J connectivity index is 2.78. The molecule has 1 aromatic carbocycles. The maximum absolute atomic E-state index is 10.3. The van der Waals surface area contributed by atoms with Gasteiger partial charge in [-0.1, -0.05) is 28.5 Å². The monoisotopic (exact) mass is 271 g/mol. The van der Waals surface area contributed by atoms with Gasteiger partial charge in [-0.25, -0.2) is 0 Å². The van der Waals surface area contributed by atoms with E-state index in [1.54, 1.807) is 30.3 Å². The summed E-state index contributed by atoms with van der Waals surface area (Å²) in [6.45, 7) is 0. The molecular formula is C8H9N5O6. The average Bonchev–Trinajstić information content (AvgIpc) is 2.28. The van der Waals surface area contributed by atoms with E-state index >= 15 is 0 Å². The van der Waals surface area contributed by atoms with Crippen molar-refractivity contribution in [2.45, 2.75) is 12.1 Å². The fourth-order valence-corrected chi connectivity index (χ4v) is 1.08. The molecule has 0 saturated heterocycles. The van der Waals surface area contributed by atoms with Crippen molar-refractivity contribution in [1.29, 1.82) is 0 Å². The zero-order chi connectivity index (χ0) is 14.5. The molecule has 0 bridgehead atoms. The molecule has 0 aliphatic rings. The van der Waals surface area contributed by atoms with E-state index in [1.807, 2.05) is 0 Å². The minimum absolute atomic E-state index is 0.404. The van der Waals surface area contributed by atoms with Crippen molar-refractivity contribution in [3.8, 4) is 0 Å². The molecule has 11 nitrogen and oxygen atoms in total. The van der Waals surface area contributed by atoms with Gasteiger partial charge < -0.3 is 10.2 Å². The molecule has 0 spiro atoms. The molecule has 0 atom stereocenters. The Morgan fingerprint density at radius 3 is 2.16 bits per heavy atom. The number of nitrogens with one attached hydrogen (secondary N) is 1. The highest BCUT2D eigenvalue weighted by Gasteiger charge is 2.56. The van der Waals surface area contributed by atoms with Crippen LogP contribution < -0.4 is 5.43 Å². The summed E-state index contributed by atoms with van der Waals surface area (Å²) < 4.78 is 0. The van der Waals surface area contributed by atoms with Gasteiger partial charge >= 0.3 is 12.1 Å². The Kier molecular flexibility index (Phi) is 4.39. The molecule has 0 aliphatic heterocycles. The van der Waals surface area contributed by atoms with Crippen molar-refractivity contribution >= 4 is 5.69 Å². The van der Waals surface area contributed by atoms with Gasteiger partial charge in [0.15, 0.2) is 0 Å². The molecule has 102 valence electrons. The fourth-order valence-electron chi connectivity index (χ4n) is 1.08. The number of aliphatic hydroxyl groups is 2. The summed E-state index contributed by atoms with van der Waals surface area (Å²) in [5, 5.41) is 44.8. The van der Waals surface area contributed by atoms with E-state index in [2.05, 4.69) is 15.8 Å². The third-order valence-electron chi connectivity index (χ3n) is 1.90. The molecule has 0 radical (unpaired) electrons. The number of nitro groups is 2. The molecule has 3 N–H and O–H groups in total. The van der Waals surface area contributed by atoms with Crippen molar-refractivity contribution in [2.24, 2.45) is 10.3 Å². The first-order valence-corrected chi connectivity index (χ1v) is 4.79. The maximum atomic E-state index is 10.3. The first kappa shape index (κ1) is 14.4. The molecular weight excluding hydrogens is 262 g/mol. The van der Waals surface area contributed by atoms with Gasteiger partial charge in [0.25, 0.3) is 0 Å². The standard InChI is InChI=1S/C8H9N5O6/c14-8(15,7(12(16)17)13(18)19)10-11-9-6-4-2-1-3-5-6/h1-5,7,14-15H,(H,9,10). The minimum Gasteiger partial charge on any atom is -0.335 e. The zero-order valence-corrected chi connectivity index (χ0v) is 9.28. The maximum Gasteiger partial charge on any atom is 0.525 e. The molecule has 11 heteroatoms. The quantitative estimate of drug-likeness (QED) is 0.283. The number of nitrogens with zero attached hydrogens (tertiary/aromatic N) is 4. The van der Waals surface area contributed by atoms with Crippen LogP contribution in [0.2, 0.25) is 0 Å². The van der Waals surface area contributed by atoms with Crippen LogP contribution in [0.1, 0.15) is 0 Å². The van der Waals surface area contributed by atoms with Crippen LogP contribution in [-0.2, 0) is 0 Å². The summed E-state index contributed by atoms with van der Waals surface area (Å²) in [5.74, 6) is -3.56. The molecule has 0 saturated carbocycles. The first-order chi connectivity index (χ1) is 8.84. The van der Waals surface area contributed by atoms with E-state index < -0.39 is 21.9 Å². The van der Waals surface area contributed by atoms with Gasteiger partial charge in [0.2, 0.25) is 0 Å². The van der Waals surface area contributed by atoms with Crippen LogP contribution in [-0.4, -0.2) is 32.1 Å². The summed E-state index contributed by atoms with van der Waals surface area (Å²) in [5.41, 5.74) is 2.63. The predicted molar refractivity (Wildman–Crippen MR) is 59.9 cm³/mol. The van der Waals surface area contributed by atoms with Crippen LogP contribution in [0.5, 0.6) is 0 Å². The highest BCUT2D eigenvalue weighted by molar-refractivity contribution is 5.41. The molecule has 0 unspecified atom stereocenters. The van der Waals surface area contributed by atoms with Crippen molar-refractivity contribution in [3.63, 3.8) is 0 Å². The van der Waals surface area contributed by atoms with E-state index in [4.69, 9.17) is 10.2 Å².